The van der Waals surface area contributed by atoms with E-state index < -0.39 is 0 Å². The molecule has 2 rings (SSSR count). The minimum atomic E-state index is 0.0510. The second kappa shape index (κ2) is 4.40. The average Bonchev–Trinajstić information content (AvgIpc) is 2.65. The highest BCUT2D eigenvalue weighted by molar-refractivity contribution is 5.77. The van der Waals surface area contributed by atoms with Crippen LogP contribution in [0.5, 0.6) is 0 Å². The van der Waals surface area contributed by atoms with Crippen LogP contribution in [-0.2, 0) is 0 Å². The maximum atomic E-state index is 11.7. The summed E-state index contributed by atoms with van der Waals surface area (Å²) in [6, 6.07) is 4.59. The van der Waals surface area contributed by atoms with Gasteiger partial charge in [0.25, 0.3) is 0 Å². The van der Waals surface area contributed by atoms with E-state index in [0.29, 0.717) is 0 Å². The van der Waals surface area contributed by atoms with Gasteiger partial charge in [0.2, 0.25) is 0 Å². The number of aryl methyl sites for hydroxylation is 3. The number of amides is 2. The molecule has 0 spiro atoms. The standard InChI is InChI=1S/C14H20N2O/c1-5-16-8-13(15-14(16)17)12-7-10(3)9(2)6-11(12)4/h6-7,13H,5,8H2,1-4H3,(H,15,17). The predicted octanol–water partition coefficient (Wildman–Crippen LogP) is 2.70. The highest BCUT2D eigenvalue weighted by Crippen LogP contribution is 2.25. The molecule has 1 unspecified atom stereocenters. The molecule has 17 heavy (non-hydrogen) atoms. The van der Waals surface area contributed by atoms with Crippen molar-refractivity contribution in [2.75, 3.05) is 13.1 Å². The first-order chi connectivity index (χ1) is 8.02. The lowest BCUT2D eigenvalue weighted by atomic mass is 9.96. The van der Waals surface area contributed by atoms with Gasteiger partial charge in [0.15, 0.2) is 0 Å². The lowest BCUT2D eigenvalue weighted by Crippen LogP contribution is -2.27. The van der Waals surface area contributed by atoms with E-state index in [-0.39, 0.29) is 12.1 Å². The van der Waals surface area contributed by atoms with Crippen LogP contribution in [0, 0.1) is 20.8 Å². The second-order valence-corrected chi connectivity index (χ2v) is 4.83. The molecule has 0 radical (unpaired) electrons. The van der Waals surface area contributed by atoms with E-state index in [0.717, 1.165) is 13.1 Å². The molecule has 92 valence electrons. The molecule has 1 fully saturated rings. The van der Waals surface area contributed by atoms with Crippen LogP contribution in [-0.4, -0.2) is 24.0 Å². The Morgan fingerprint density at radius 1 is 1.24 bits per heavy atom. The van der Waals surface area contributed by atoms with Gasteiger partial charge in [-0.1, -0.05) is 12.1 Å². The number of hydrogen-bond donors (Lipinski definition) is 1. The first-order valence-corrected chi connectivity index (χ1v) is 6.16. The van der Waals surface area contributed by atoms with Gasteiger partial charge in [0.05, 0.1) is 6.04 Å². The Balaban J connectivity index is 2.30. The number of carbonyl (C=O) groups excluding carboxylic acids is 1. The summed E-state index contributed by atoms with van der Waals surface area (Å²) in [5.41, 5.74) is 5.10. The molecule has 0 saturated carbocycles. The fraction of sp³-hybridized carbons (Fsp3) is 0.500. The number of likely N-dealkylation sites (N-methyl/N-ethyl adjacent to an activating group) is 1. The molecular weight excluding hydrogens is 212 g/mol. The van der Waals surface area contributed by atoms with E-state index in [1.165, 1.54) is 22.3 Å². The summed E-state index contributed by atoms with van der Waals surface area (Å²) in [4.78, 5) is 13.5. The Morgan fingerprint density at radius 2 is 1.88 bits per heavy atom. The largest absolute Gasteiger partial charge is 0.329 e. The van der Waals surface area contributed by atoms with Crippen molar-refractivity contribution in [2.45, 2.75) is 33.7 Å². The summed E-state index contributed by atoms with van der Waals surface area (Å²) in [6.07, 6.45) is 0. The first-order valence-electron chi connectivity index (χ1n) is 6.16. The minimum Gasteiger partial charge on any atom is -0.329 e. The van der Waals surface area contributed by atoms with Gasteiger partial charge < -0.3 is 10.2 Å². The predicted molar refractivity (Wildman–Crippen MR) is 69.2 cm³/mol. The van der Waals surface area contributed by atoms with E-state index >= 15 is 0 Å². The van der Waals surface area contributed by atoms with Crippen molar-refractivity contribution in [3.63, 3.8) is 0 Å². The normalized spacial score (nSPS) is 19.6. The van der Waals surface area contributed by atoms with Crippen LogP contribution in [0.2, 0.25) is 0 Å². The maximum Gasteiger partial charge on any atom is 0.318 e. The van der Waals surface area contributed by atoms with Crippen LogP contribution in [0.25, 0.3) is 0 Å². The summed E-state index contributed by atoms with van der Waals surface area (Å²) >= 11 is 0. The van der Waals surface area contributed by atoms with Gasteiger partial charge in [-0.05, 0) is 49.9 Å². The smallest absolute Gasteiger partial charge is 0.318 e. The van der Waals surface area contributed by atoms with Crippen LogP contribution >= 0.6 is 0 Å². The van der Waals surface area contributed by atoms with Crippen molar-refractivity contribution in [1.82, 2.24) is 10.2 Å². The Labute approximate surface area is 103 Å². The van der Waals surface area contributed by atoms with Crippen molar-refractivity contribution in [3.05, 3.63) is 34.4 Å². The number of hydrogen-bond acceptors (Lipinski definition) is 1. The summed E-state index contributed by atoms with van der Waals surface area (Å²) < 4.78 is 0. The zero-order chi connectivity index (χ0) is 12.6. The number of nitrogens with one attached hydrogen (secondary N) is 1. The molecule has 3 nitrogen and oxygen atoms in total. The quantitative estimate of drug-likeness (QED) is 0.835. The van der Waals surface area contributed by atoms with E-state index in [9.17, 15) is 4.79 Å². The average molecular weight is 232 g/mol. The summed E-state index contributed by atoms with van der Waals surface area (Å²) in [7, 11) is 0. The van der Waals surface area contributed by atoms with Crippen LogP contribution in [0.3, 0.4) is 0 Å². The van der Waals surface area contributed by atoms with Gasteiger partial charge in [0.1, 0.15) is 0 Å². The highest BCUT2D eigenvalue weighted by atomic mass is 16.2. The number of benzene rings is 1. The molecule has 1 aromatic rings. The Kier molecular flexibility index (Phi) is 3.09. The Hall–Kier alpha value is -1.51. The van der Waals surface area contributed by atoms with Crippen molar-refractivity contribution >= 4 is 6.03 Å². The van der Waals surface area contributed by atoms with Gasteiger partial charge in [-0.15, -0.1) is 0 Å². The Morgan fingerprint density at radius 3 is 2.47 bits per heavy atom. The van der Waals surface area contributed by atoms with Gasteiger partial charge in [0, 0.05) is 13.1 Å². The molecule has 1 N–H and O–H groups in total. The number of urea groups is 1. The minimum absolute atomic E-state index is 0.0510. The van der Waals surface area contributed by atoms with Crippen LogP contribution in [0.1, 0.15) is 35.2 Å². The zero-order valence-electron chi connectivity index (χ0n) is 11.0. The zero-order valence-corrected chi connectivity index (χ0v) is 11.0. The molecule has 1 aliphatic heterocycles. The lowest BCUT2D eigenvalue weighted by molar-refractivity contribution is 0.219. The van der Waals surface area contributed by atoms with Gasteiger partial charge in [-0.3, -0.25) is 0 Å². The lowest BCUT2D eigenvalue weighted by Gasteiger charge is -2.16. The molecule has 0 aromatic heterocycles. The molecule has 0 bridgehead atoms. The van der Waals surface area contributed by atoms with E-state index in [1.54, 1.807) is 0 Å². The van der Waals surface area contributed by atoms with Crippen molar-refractivity contribution in [2.24, 2.45) is 0 Å². The monoisotopic (exact) mass is 232 g/mol. The van der Waals surface area contributed by atoms with Gasteiger partial charge >= 0.3 is 6.03 Å². The van der Waals surface area contributed by atoms with Crippen molar-refractivity contribution < 1.29 is 4.79 Å². The third-order valence-electron chi connectivity index (χ3n) is 3.63. The van der Waals surface area contributed by atoms with Crippen molar-refractivity contribution in [1.29, 1.82) is 0 Å². The molecular formula is C14H20N2O. The molecule has 0 aliphatic carbocycles. The van der Waals surface area contributed by atoms with Crippen molar-refractivity contribution in [3.8, 4) is 0 Å². The van der Waals surface area contributed by atoms with Gasteiger partial charge in [-0.2, -0.15) is 0 Å². The number of rotatable bonds is 2. The van der Waals surface area contributed by atoms with E-state index in [4.69, 9.17) is 0 Å². The van der Waals surface area contributed by atoms with E-state index in [1.807, 2.05) is 11.8 Å². The van der Waals surface area contributed by atoms with E-state index in [2.05, 4.69) is 38.2 Å². The summed E-state index contributed by atoms with van der Waals surface area (Å²) in [5.74, 6) is 0. The molecule has 3 heteroatoms. The Bertz CT molecular complexity index is 454. The highest BCUT2D eigenvalue weighted by Gasteiger charge is 2.29. The maximum absolute atomic E-state index is 11.7. The number of nitrogens with zero attached hydrogens (tertiary/aromatic N) is 1. The molecule has 1 heterocycles. The molecule has 1 saturated heterocycles. The van der Waals surface area contributed by atoms with Gasteiger partial charge in [-0.25, -0.2) is 4.79 Å². The second-order valence-electron chi connectivity index (χ2n) is 4.83. The van der Waals surface area contributed by atoms with Crippen LogP contribution in [0.15, 0.2) is 12.1 Å². The van der Waals surface area contributed by atoms with Crippen LogP contribution < -0.4 is 5.32 Å². The third kappa shape index (κ3) is 2.14. The molecule has 1 atom stereocenters. The number of carbonyl (C=O) groups is 1. The SMILES string of the molecule is CCN1CC(c2cc(C)c(C)cc2C)NC1=O. The molecule has 2 amide bonds. The summed E-state index contributed by atoms with van der Waals surface area (Å²) in [6.45, 7) is 9.91. The van der Waals surface area contributed by atoms with Crippen LogP contribution in [0.4, 0.5) is 4.79 Å². The fourth-order valence-corrected chi connectivity index (χ4v) is 2.40. The molecule has 1 aromatic carbocycles. The summed E-state index contributed by atoms with van der Waals surface area (Å²) in [5, 5.41) is 3.05. The first kappa shape index (κ1) is 12.0. The topological polar surface area (TPSA) is 32.3 Å². The fourth-order valence-electron chi connectivity index (χ4n) is 2.40. The molecule has 1 aliphatic rings. The third-order valence-corrected chi connectivity index (χ3v) is 3.63.